The first-order valence-electron chi connectivity index (χ1n) is 8.79. The van der Waals surface area contributed by atoms with E-state index in [9.17, 15) is 9.59 Å². The van der Waals surface area contributed by atoms with Crippen molar-refractivity contribution in [3.8, 4) is 5.75 Å². The lowest BCUT2D eigenvalue weighted by atomic mass is 9.87. The first kappa shape index (κ1) is 19.1. The highest BCUT2D eigenvalue weighted by Gasteiger charge is 2.21. The molecule has 6 heteroatoms. The summed E-state index contributed by atoms with van der Waals surface area (Å²) in [7, 11) is 0. The SMILES string of the molecule is CC(=O)N1CCN(C(=O)NCCOc2ccc(C(C)(C)C)cc2)CC1. The minimum Gasteiger partial charge on any atom is -0.492 e. The van der Waals surface area contributed by atoms with E-state index in [1.165, 1.54) is 5.56 Å². The molecular weight excluding hydrogens is 318 g/mol. The highest BCUT2D eigenvalue weighted by molar-refractivity contribution is 5.76. The molecule has 6 nitrogen and oxygen atoms in total. The zero-order valence-electron chi connectivity index (χ0n) is 15.7. The molecule has 1 fully saturated rings. The third-order valence-corrected chi connectivity index (χ3v) is 4.38. The lowest BCUT2D eigenvalue weighted by molar-refractivity contribution is -0.130. The Morgan fingerprint density at radius 3 is 2.12 bits per heavy atom. The molecule has 3 amide bonds. The molecule has 0 saturated carbocycles. The summed E-state index contributed by atoms with van der Waals surface area (Å²) >= 11 is 0. The van der Waals surface area contributed by atoms with Gasteiger partial charge in [-0.2, -0.15) is 0 Å². The van der Waals surface area contributed by atoms with Gasteiger partial charge in [-0.05, 0) is 23.1 Å². The second kappa shape index (κ2) is 8.23. The van der Waals surface area contributed by atoms with E-state index in [1.54, 1.807) is 16.7 Å². The predicted molar refractivity (Wildman–Crippen MR) is 97.9 cm³/mol. The fourth-order valence-electron chi connectivity index (χ4n) is 2.71. The zero-order valence-corrected chi connectivity index (χ0v) is 15.7. The number of ether oxygens (including phenoxy) is 1. The Kier molecular flexibility index (Phi) is 6.28. The van der Waals surface area contributed by atoms with Crippen molar-refractivity contribution in [1.82, 2.24) is 15.1 Å². The summed E-state index contributed by atoms with van der Waals surface area (Å²) in [6, 6.07) is 7.97. The van der Waals surface area contributed by atoms with Gasteiger partial charge in [0.1, 0.15) is 12.4 Å². The maximum Gasteiger partial charge on any atom is 0.317 e. The molecule has 0 radical (unpaired) electrons. The Balaban J connectivity index is 1.67. The standard InChI is InChI=1S/C19H29N3O3/c1-15(23)21-10-12-22(13-11-21)18(24)20-9-14-25-17-7-5-16(6-8-17)19(2,3)4/h5-8H,9-14H2,1-4H3,(H,20,24). The van der Waals surface area contributed by atoms with Crippen molar-refractivity contribution >= 4 is 11.9 Å². The Morgan fingerprint density at radius 1 is 1.04 bits per heavy atom. The number of carbonyl (C=O) groups excluding carboxylic acids is 2. The monoisotopic (exact) mass is 347 g/mol. The van der Waals surface area contributed by atoms with Crippen LogP contribution in [0.2, 0.25) is 0 Å². The van der Waals surface area contributed by atoms with Crippen LogP contribution in [0.25, 0.3) is 0 Å². The number of amides is 3. The van der Waals surface area contributed by atoms with Crippen molar-refractivity contribution in [2.75, 3.05) is 39.3 Å². The largest absolute Gasteiger partial charge is 0.492 e. The molecule has 0 unspecified atom stereocenters. The summed E-state index contributed by atoms with van der Waals surface area (Å²) in [5, 5.41) is 2.86. The van der Waals surface area contributed by atoms with Gasteiger partial charge < -0.3 is 19.9 Å². The molecule has 0 bridgehead atoms. The van der Waals surface area contributed by atoms with E-state index < -0.39 is 0 Å². The molecule has 1 aromatic rings. The van der Waals surface area contributed by atoms with Crippen LogP contribution in [0.3, 0.4) is 0 Å². The van der Waals surface area contributed by atoms with E-state index in [2.05, 4.69) is 38.2 Å². The summed E-state index contributed by atoms with van der Waals surface area (Å²) in [5.74, 6) is 0.864. The topological polar surface area (TPSA) is 61.9 Å². The molecule has 1 aliphatic rings. The van der Waals surface area contributed by atoms with E-state index in [0.29, 0.717) is 39.3 Å². The van der Waals surface area contributed by atoms with Crippen LogP contribution in [-0.2, 0) is 10.2 Å². The third kappa shape index (κ3) is 5.66. The normalized spacial score (nSPS) is 15.0. The van der Waals surface area contributed by atoms with E-state index in [0.717, 1.165) is 5.75 Å². The summed E-state index contributed by atoms with van der Waals surface area (Å²) in [5.41, 5.74) is 1.39. The predicted octanol–water partition coefficient (Wildman–Crippen LogP) is 2.24. The van der Waals surface area contributed by atoms with Crippen LogP contribution in [0.4, 0.5) is 4.79 Å². The van der Waals surface area contributed by atoms with Crippen molar-refractivity contribution in [2.24, 2.45) is 0 Å². The Hall–Kier alpha value is -2.24. The molecule has 0 atom stereocenters. The molecular formula is C19H29N3O3. The smallest absolute Gasteiger partial charge is 0.317 e. The number of rotatable bonds is 4. The molecule has 25 heavy (non-hydrogen) atoms. The second-order valence-electron chi connectivity index (χ2n) is 7.35. The van der Waals surface area contributed by atoms with Crippen molar-refractivity contribution < 1.29 is 14.3 Å². The number of nitrogens with zero attached hydrogens (tertiary/aromatic N) is 2. The van der Waals surface area contributed by atoms with Crippen molar-refractivity contribution in [1.29, 1.82) is 0 Å². The minimum absolute atomic E-state index is 0.0611. The lowest BCUT2D eigenvalue weighted by Gasteiger charge is -2.34. The second-order valence-corrected chi connectivity index (χ2v) is 7.35. The number of nitrogens with one attached hydrogen (secondary N) is 1. The van der Waals surface area contributed by atoms with Crippen LogP contribution in [-0.4, -0.2) is 61.1 Å². The Bertz CT molecular complexity index is 585. The van der Waals surface area contributed by atoms with Gasteiger partial charge in [0.2, 0.25) is 5.91 Å². The van der Waals surface area contributed by atoms with Crippen molar-refractivity contribution in [3.63, 3.8) is 0 Å². The summed E-state index contributed by atoms with van der Waals surface area (Å²) in [6.45, 7) is 11.3. The number of piperazine rings is 1. The van der Waals surface area contributed by atoms with Gasteiger partial charge >= 0.3 is 6.03 Å². The molecule has 1 heterocycles. The van der Waals surface area contributed by atoms with Crippen LogP contribution in [0, 0.1) is 0 Å². The minimum atomic E-state index is -0.102. The van der Waals surface area contributed by atoms with Gasteiger partial charge in [0.25, 0.3) is 0 Å². The van der Waals surface area contributed by atoms with Crippen LogP contribution >= 0.6 is 0 Å². The summed E-state index contributed by atoms with van der Waals surface area (Å²) in [6.07, 6.45) is 0. The van der Waals surface area contributed by atoms with Crippen LogP contribution in [0.5, 0.6) is 5.75 Å². The molecule has 1 aromatic carbocycles. The van der Waals surface area contributed by atoms with E-state index in [4.69, 9.17) is 4.74 Å². The Labute approximate surface area is 150 Å². The molecule has 0 spiro atoms. The van der Waals surface area contributed by atoms with Gasteiger partial charge in [0, 0.05) is 33.1 Å². The van der Waals surface area contributed by atoms with Crippen LogP contribution < -0.4 is 10.1 Å². The molecule has 138 valence electrons. The lowest BCUT2D eigenvalue weighted by Crippen LogP contribution is -2.53. The highest BCUT2D eigenvalue weighted by atomic mass is 16.5. The maximum absolute atomic E-state index is 12.1. The van der Waals surface area contributed by atoms with E-state index in [1.807, 2.05) is 12.1 Å². The third-order valence-electron chi connectivity index (χ3n) is 4.38. The molecule has 2 rings (SSSR count). The number of urea groups is 1. The first-order chi connectivity index (χ1) is 11.8. The van der Waals surface area contributed by atoms with Gasteiger partial charge in [-0.1, -0.05) is 32.9 Å². The molecule has 0 aromatic heterocycles. The van der Waals surface area contributed by atoms with Gasteiger partial charge in [-0.15, -0.1) is 0 Å². The van der Waals surface area contributed by atoms with Gasteiger partial charge in [-0.25, -0.2) is 4.79 Å². The number of hydrogen-bond donors (Lipinski definition) is 1. The average molecular weight is 347 g/mol. The average Bonchev–Trinajstić information content (AvgIpc) is 2.58. The molecule has 1 aliphatic heterocycles. The first-order valence-corrected chi connectivity index (χ1v) is 8.79. The number of hydrogen-bond acceptors (Lipinski definition) is 3. The van der Waals surface area contributed by atoms with E-state index in [-0.39, 0.29) is 17.4 Å². The maximum atomic E-state index is 12.1. The number of benzene rings is 1. The fourth-order valence-corrected chi connectivity index (χ4v) is 2.71. The summed E-state index contributed by atoms with van der Waals surface area (Å²) < 4.78 is 5.67. The van der Waals surface area contributed by atoms with Crippen LogP contribution in [0.15, 0.2) is 24.3 Å². The highest BCUT2D eigenvalue weighted by Crippen LogP contribution is 2.24. The molecule has 1 N–H and O–H groups in total. The fraction of sp³-hybridized carbons (Fsp3) is 0.579. The molecule has 0 aliphatic carbocycles. The molecule has 1 saturated heterocycles. The quantitative estimate of drug-likeness (QED) is 0.850. The van der Waals surface area contributed by atoms with Gasteiger partial charge in [0.05, 0.1) is 6.54 Å². The summed E-state index contributed by atoms with van der Waals surface area (Å²) in [4.78, 5) is 26.9. The Morgan fingerprint density at radius 2 is 1.60 bits per heavy atom. The van der Waals surface area contributed by atoms with Crippen molar-refractivity contribution in [2.45, 2.75) is 33.1 Å². The van der Waals surface area contributed by atoms with Gasteiger partial charge in [-0.3, -0.25) is 4.79 Å². The van der Waals surface area contributed by atoms with Crippen LogP contribution in [0.1, 0.15) is 33.3 Å². The zero-order chi connectivity index (χ0) is 18.4. The van der Waals surface area contributed by atoms with Crippen molar-refractivity contribution in [3.05, 3.63) is 29.8 Å². The van der Waals surface area contributed by atoms with E-state index >= 15 is 0 Å². The van der Waals surface area contributed by atoms with Gasteiger partial charge in [0.15, 0.2) is 0 Å². The number of carbonyl (C=O) groups is 2.